The van der Waals surface area contributed by atoms with Crippen molar-refractivity contribution >= 4 is 37.0 Å². The first-order chi connectivity index (χ1) is 8.40. The molecule has 7 nitrogen and oxygen atoms in total. The lowest BCUT2D eigenvalue weighted by atomic mass is 10.2. The first kappa shape index (κ1) is 23.5. The molecule has 0 bridgehead atoms. The fourth-order valence-corrected chi connectivity index (χ4v) is 0.995. The van der Waals surface area contributed by atoms with E-state index in [9.17, 15) is 9.59 Å². The summed E-state index contributed by atoms with van der Waals surface area (Å²) in [5.74, 6) is -1.71. The van der Waals surface area contributed by atoms with E-state index in [1.807, 2.05) is 6.92 Å². The molecule has 2 unspecified atom stereocenters. The Morgan fingerprint density at radius 2 is 1.84 bits per heavy atom. The van der Waals surface area contributed by atoms with Crippen LogP contribution in [0.5, 0.6) is 0 Å². The van der Waals surface area contributed by atoms with Crippen LogP contribution in [0.15, 0.2) is 0 Å². The van der Waals surface area contributed by atoms with Crippen LogP contribution in [-0.4, -0.2) is 58.2 Å². The molecule has 0 aliphatic heterocycles. The smallest absolute Gasteiger partial charge is 0.321 e. The van der Waals surface area contributed by atoms with Gasteiger partial charge in [-0.15, -0.1) is 12.4 Å². The van der Waals surface area contributed by atoms with Gasteiger partial charge in [0.05, 0.1) is 0 Å². The number of carboxylic acid groups (broad SMARTS) is 2. The van der Waals surface area contributed by atoms with Crippen molar-refractivity contribution in [3.05, 3.63) is 0 Å². The van der Waals surface area contributed by atoms with Gasteiger partial charge >= 0.3 is 11.9 Å². The van der Waals surface area contributed by atoms with Crippen LogP contribution in [0.25, 0.3) is 0 Å². The topological polar surface area (TPSA) is 133 Å². The number of aliphatic carboxylic acids is 2. The van der Waals surface area contributed by atoms with Crippen LogP contribution < -0.4 is 11.1 Å². The molecule has 0 fully saturated rings. The number of aliphatic hydroxyl groups excluding tert-OH is 1. The minimum absolute atomic E-state index is 0. The fraction of sp³-hybridized carbons (Fsp3) is 0.800. The van der Waals surface area contributed by atoms with Crippen molar-refractivity contribution in [3.8, 4) is 0 Å². The number of thiol groups is 1. The van der Waals surface area contributed by atoms with Crippen molar-refractivity contribution < 1.29 is 24.9 Å². The molecule has 0 aliphatic carbocycles. The maximum absolute atomic E-state index is 10.4. The largest absolute Gasteiger partial charge is 0.480 e. The number of carboxylic acids is 2. The molecular formula is C10H23ClN2O5S. The molecule has 0 spiro atoms. The third kappa shape index (κ3) is 15.4. The number of nitrogens with one attached hydrogen (secondary N) is 1. The molecule has 116 valence electrons. The highest BCUT2D eigenvalue weighted by atomic mass is 35.5. The number of nitrogens with two attached hydrogens (primary N) is 1. The lowest BCUT2D eigenvalue weighted by Crippen LogP contribution is -2.37. The Morgan fingerprint density at radius 3 is 2.05 bits per heavy atom. The first-order valence-electron chi connectivity index (χ1n) is 5.56. The molecule has 0 aromatic carbocycles. The monoisotopic (exact) mass is 318 g/mol. The molecule has 19 heavy (non-hydrogen) atoms. The van der Waals surface area contributed by atoms with E-state index in [0.717, 1.165) is 6.42 Å². The minimum atomic E-state index is -1.00. The zero-order valence-electron chi connectivity index (χ0n) is 10.8. The first-order valence-corrected chi connectivity index (χ1v) is 6.20. The zero-order valence-corrected chi connectivity index (χ0v) is 12.5. The van der Waals surface area contributed by atoms with Crippen molar-refractivity contribution in [1.82, 2.24) is 5.32 Å². The van der Waals surface area contributed by atoms with Gasteiger partial charge in [-0.05, 0) is 19.4 Å². The van der Waals surface area contributed by atoms with E-state index in [-0.39, 0.29) is 31.2 Å². The van der Waals surface area contributed by atoms with Gasteiger partial charge in [0.2, 0.25) is 0 Å². The van der Waals surface area contributed by atoms with Crippen LogP contribution in [-0.2, 0) is 9.59 Å². The van der Waals surface area contributed by atoms with E-state index in [0.29, 0.717) is 6.54 Å². The van der Waals surface area contributed by atoms with Crippen molar-refractivity contribution in [1.29, 1.82) is 0 Å². The fourth-order valence-electron chi connectivity index (χ4n) is 0.839. The Labute approximate surface area is 124 Å². The number of hydrogen-bond donors (Lipinski definition) is 6. The minimum Gasteiger partial charge on any atom is -0.480 e. The maximum Gasteiger partial charge on any atom is 0.321 e. The second-order valence-electron chi connectivity index (χ2n) is 3.48. The molecule has 0 radical (unpaired) electrons. The van der Waals surface area contributed by atoms with E-state index >= 15 is 0 Å². The average molecular weight is 319 g/mol. The van der Waals surface area contributed by atoms with Crippen LogP contribution in [0, 0.1) is 0 Å². The summed E-state index contributed by atoms with van der Waals surface area (Å²) < 4.78 is 0. The number of aliphatic hydroxyl groups is 1. The summed E-state index contributed by atoms with van der Waals surface area (Å²) in [5, 5.41) is 27.9. The van der Waals surface area contributed by atoms with Crippen LogP contribution in [0.1, 0.15) is 19.8 Å². The van der Waals surface area contributed by atoms with Crippen LogP contribution >= 0.6 is 25.0 Å². The Hall–Kier alpha value is -0.540. The third-order valence-electron chi connectivity index (χ3n) is 1.87. The van der Waals surface area contributed by atoms with Crippen molar-refractivity contribution in [2.75, 3.05) is 18.9 Å². The second kappa shape index (κ2) is 15.5. The van der Waals surface area contributed by atoms with E-state index in [1.165, 1.54) is 0 Å². The molecule has 9 heteroatoms. The van der Waals surface area contributed by atoms with E-state index in [1.54, 1.807) is 0 Å². The predicted molar refractivity (Wildman–Crippen MR) is 78.1 cm³/mol. The molecule has 6 N–H and O–H groups in total. The van der Waals surface area contributed by atoms with Crippen molar-refractivity contribution in [2.45, 2.75) is 31.8 Å². The Kier molecular flexibility index (Phi) is 19.2. The highest BCUT2D eigenvalue weighted by Crippen LogP contribution is 1.90. The van der Waals surface area contributed by atoms with E-state index in [2.05, 4.69) is 17.9 Å². The number of carbonyl (C=O) groups is 2. The summed E-state index contributed by atoms with van der Waals surface area (Å²) in [7, 11) is 0. The normalized spacial score (nSPS) is 12.4. The van der Waals surface area contributed by atoms with Gasteiger partial charge < -0.3 is 26.4 Å². The van der Waals surface area contributed by atoms with Gasteiger partial charge in [-0.2, -0.15) is 12.6 Å². The highest BCUT2D eigenvalue weighted by Gasteiger charge is 2.14. The standard InChI is InChI=1S/C7H15NO3.C3H7NO2S.ClH/c1-2-4-8-6(3-5-9)7(10)11;4-2(1-7)3(5)6;/h6,8-9H,2-5H2,1H3,(H,10,11);2,7H,1,4H2,(H,5,6);1H. The Morgan fingerprint density at radius 1 is 1.32 bits per heavy atom. The molecule has 0 saturated carbocycles. The molecule has 0 saturated heterocycles. The molecule has 0 rings (SSSR count). The van der Waals surface area contributed by atoms with Crippen molar-refractivity contribution in [2.24, 2.45) is 5.73 Å². The summed E-state index contributed by atoms with van der Waals surface area (Å²) >= 11 is 3.65. The summed E-state index contributed by atoms with van der Waals surface area (Å²) in [6, 6.07) is -1.41. The lowest BCUT2D eigenvalue weighted by Gasteiger charge is -2.11. The second-order valence-corrected chi connectivity index (χ2v) is 3.85. The maximum atomic E-state index is 10.4. The summed E-state index contributed by atoms with van der Waals surface area (Å²) in [4.78, 5) is 20.2. The average Bonchev–Trinajstić information content (AvgIpc) is 2.33. The van der Waals surface area contributed by atoms with Gasteiger partial charge in [0.25, 0.3) is 0 Å². The van der Waals surface area contributed by atoms with Crippen molar-refractivity contribution in [3.63, 3.8) is 0 Å². The van der Waals surface area contributed by atoms with Gasteiger partial charge in [0, 0.05) is 12.4 Å². The highest BCUT2D eigenvalue weighted by molar-refractivity contribution is 7.80. The molecule has 0 aromatic heterocycles. The quantitative estimate of drug-likeness (QED) is 0.335. The number of hydrogen-bond acceptors (Lipinski definition) is 6. The van der Waals surface area contributed by atoms with Gasteiger partial charge in [0.1, 0.15) is 12.1 Å². The predicted octanol–water partition coefficient (Wildman–Crippen LogP) is -0.428. The van der Waals surface area contributed by atoms with E-state index in [4.69, 9.17) is 21.1 Å². The van der Waals surface area contributed by atoms with E-state index < -0.39 is 24.0 Å². The Bertz CT molecular complexity index is 246. The zero-order chi connectivity index (χ0) is 14.6. The van der Waals surface area contributed by atoms with Crippen LogP contribution in [0.4, 0.5) is 0 Å². The van der Waals surface area contributed by atoms with Gasteiger partial charge in [-0.25, -0.2) is 0 Å². The van der Waals surface area contributed by atoms with Crippen LogP contribution in [0.2, 0.25) is 0 Å². The third-order valence-corrected chi connectivity index (χ3v) is 2.26. The SMILES string of the molecule is CCCNC(CCO)C(=O)O.Cl.NC(CS)C(=O)O. The molecule has 0 heterocycles. The summed E-state index contributed by atoms with van der Waals surface area (Å²) in [6.45, 7) is 2.55. The molecule has 0 aromatic rings. The number of rotatable bonds is 8. The molecule has 0 amide bonds. The summed E-state index contributed by atoms with van der Waals surface area (Å²) in [5.41, 5.74) is 4.94. The Balaban J connectivity index is -0.000000280. The molecule has 2 atom stereocenters. The lowest BCUT2D eigenvalue weighted by molar-refractivity contribution is -0.140. The van der Waals surface area contributed by atoms with Crippen LogP contribution in [0.3, 0.4) is 0 Å². The van der Waals surface area contributed by atoms with Gasteiger partial charge in [-0.1, -0.05) is 6.92 Å². The molecular weight excluding hydrogens is 296 g/mol. The van der Waals surface area contributed by atoms with Gasteiger partial charge in [-0.3, -0.25) is 9.59 Å². The van der Waals surface area contributed by atoms with Gasteiger partial charge in [0.15, 0.2) is 0 Å². The summed E-state index contributed by atoms with van der Waals surface area (Å²) in [6.07, 6.45) is 1.17. The molecule has 0 aliphatic rings. The number of halogens is 1.